The molecule has 0 bridgehead atoms. The van der Waals surface area contributed by atoms with Gasteiger partial charge in [0.05, 0.1) is 0 Å². The molecule has 0 aromatic heterocycles. The minimum absolute atomic E-state index is 0.816. The van der Waals surface area contributed by atoms with Crippen molar-refractivity contribution in [3.8, 4) is 22.6 Å². The quantitative estimate of drug-likeness (QED) is 0.718. The Balaban J connectivity index is 2.21. The number of benzene rings is 2. The first-order valence-corrected chi connectivity index (χ1v) is 10.3. The fourth-order valence-corrected chi connectivity index (χ4v) is 6.44. The van der Waals surface area contributed by atoms with Gasteiger partial charge in [-0.05, 0) is 35.3 Å². The highest BCUT2D eigenvalue weighted by molar-refractivity contribution is 8.68. The topological polar surface area (TPSA) is 18.5 Å². The van der Waals surface area contributed by atoms with Gasteiger partial charge in [-0.25, -0.2) is 0 Å². The van der Waals surface area contributed by atoms with Crippen LogP contribution in [-0.4, -0.2) is 5.75 Å². The zero-order chi connectivity index (χ0) is 13.3. The van der Waals surface area contributed by atoms with E-state index in [0.717, 1.165) is 28.4 Å². The Morgan fingerprint density at radius 1 is 0.947 bits per heavy atom. The van der Waals surface area contributed by atoms with Gasteiger partial charge in [-0.15, -0.1) is 0 Å². The summed E-state index contributed by atoms with van der Waals surface area (Å²) in [7, 11) is 0. The van der Waals surface area contributed by atoms with Crippen molar-refractivity contribution in [2.24, 2.45) is 0 Å². The third-order valence-electron chi connectivity index (χ3n) is 2.77. The summed E-state index contributed by atoms with van der Waals surface area (Å²) in [6, 6.07) is 15.9. The van der Waals surface area contributed by atoms with Crippen LogP contribution in [0.2, 0.25) is 0 Å². The van der Waals surface area contributed by atoms with Crippen LogP contribution in [0.15, 0.2) is 48.5 Å². The largest absolute Gasteiger partial charge is 0.427 e. The molecule has 2 aromatic carbocycles. The lowest BCUT2D eigenvalue weighted by atomic mass is 10.0. The summed E-state index contributed by atoms with van der Waals surface area (Å²) in [5.41, 5.74) is -0.285. The Bertz CT molecular complexity index is 606. The van der Waals surface area contributed by atoms with Crippen molar-refractivity contribution in [2.75, 3.05) is 5.75 Å². The van der Waals surface area contributed by atoms with Crippen LogP contribution in [-0.2, 0) is 11.8 Å². The van der Waals surface area contributed by atoms with Crippen LogP contribution >= 0.6 is 17.1 Å². The van der Waals surface area contributed by atoms with E-state index >= 15 is 0 Å². The second-order valence-corrected chi connectivity index (χ2v) is 10.5. The maximum absolute atomic E-state index is 6.03. The molecule has 1 aliphatic heterocycles. The van der Waals surface area contributed by atoms with Crippen LogP contribution in [0, 0.1) is 0 Å². The zero-order valence-corrected chi connectivity index (χ0v) is 12.9. The van der Waals surface area contributed by atoms with E-state index in [1.165, 1.54) is 0 Å². The SMILES string of the molecule is CCSP1(=S)Oc2ccccc2-c2ccccc2O1. The molecule has 3 rings (SSSR count). The number of hydrogen-bond acceptors (Lipinski definition) is 4. The average molecular weight is 308 g/mol. The molecular weight excluding hydrogens is 295 g/mol. The van der Waals surface area contributed by atoms with Crippen LogP contribution < -0.4 is 9.05 Å². The fourth-order valence-electron chi connectivity index (χ4n) is 2.01. The third-order valence-corrected chi connectivity index (χ3v) is 7.75. The summed E-state index contributed by atoms with van der Waals surface area (Å²) in [5.74, 6) is 2.51. The molecule has 0 aliphatic carbocycles. The number of rotatable bonds is 2. The van der Waals surface area contributed by atoms with E-state index in [1.54, 1.807) is 11.4 Å². The predicted octanol–water partition coefficient (Wildman–Crippen LogP) is 5.10. The summed E-state index contributed by atoms with van der Waals surface area (Å²) in [6.45, 7) is 2.06. The molecule has 0 spiro atoms. The van der Waals surface area contributed by atoms with E-state index in [-0.39, 0.29) is 0 Å². The van der Waals surface area contributed by atoms with Crippen LogP contribution in [0.5, 0.6) is 11.5 Å². The Morgan fingerprint density at radius 3 is 1.89 bits per heavy atom. The summed E-state index contributed by atoms with van der Waals surface area (Å²) in [4.78, 5) is 0. The lowest BCUT2D eigenvalue weighted by molar-refractivity contribution is 0.516. The van der Waals surface area contributed by atoms with Crippen molar-refractivity contribution in [2.45, 2.75) is 6.92 Å². The molecule has 0 N–H and O–H groups in total. The summed E-state index contributed by atoms with van der Waals surface area (Å²) >= 11 is 7.20. The highest BCUT2D eigenvalue weighted by atomic mass is 32.9. The lowest BCUT2D eigenvalue weighted by Gasteiger charge is -2.20. The van der Waals surface area contributed by atoms with E-state index in [0.29, 0.717) is 0 Å². The van der Waals surface area contributed by atoms with Crippen molar-refractivity contribution >= 4 is 28.9 Å². The molecule has 1 heterocycles. The molecule has 0 saturated heterocycles. The van der Waals surface area contributed by atoms with Gasteiger partial charge in [0, 0.05) is 16.9 Å². The van der Waals surface area contributed by atoms with Gasteiger partial charge < -0.3 is 9.05 Å². The van der Waals surface area contributed by atoms with Crippen molar-refractivity contribution < 1.29 is 9.05 Å². The minimum Gasteiger partial charge on any atom is -0.427 e. The average Bonchev–Trinajstić information content (AvgIpc) is 2.52. The monoisotopic (exact) mass is 308 g/mol. The van der Waals surface area contributed by atoms with E-state index in [9.17, 15) is 0 Å². The normalized spacial score (nSPS) is 15.4. The molecule has 0 atom stereocenters. The molecule has 98 valence electrons. The zero-order valence-electron chi connectivity index (χ0n) is 10.4. The van der Waals surface area contributed by atoms with E-state index in [2.05, 4.69) is 6.92 Å². The molecule has 0 saturated carbocycles. The van der Waals surface area contributed by atoms with Gasteiger partial charge in [0.15, 0.2) is 0 Å². The molecule has 19 heavy (non-hydrogen) atoms. The standard InChI is InChI=1S/C14H13O2PS2/c1-2-19-17(18)15-13-9-5-3-7-11(13)12-8-4-6-10-14(12)16-17/h3-10H,2H2,1H3. The van der Waals surface area contributed by atoms with Gasteiger partial charge in [-0.2, -0.15) is 0 Å². The number of hydrogen-bond donors (Lipinski definition) is 0. The molecule has 1 aliphatic rings. The molecule has 0 radical (unpaired) electrons. The van der Waals surface area contributed by atoms with E-state index in [4.69, 9.17) is 20.9 Å². The van der Waals surface area contributed by atoms with Crippen LogP contribution in [0.4, 0.5) is 0 Å². The van der Waals surface area contributed by atoms with Crippen LogP contribution in [0.3, 0.4) is 0 Å². The highest BCUT2D eigenvalue weighted by Crippen LogP contribution is 2.63. The Labute approximate surface area is 122 Å². The van der Waals surface area contributed by atoms with Crippen molar-refractivity contribution in [3.63, 3.8) is 0 Å². The first-order chi connectivity index (χ1) is 9.22. The minimum atomic E-state index is -2.37. The number of para-hydroxylation sites is 2. The molecule has 2 aromatic rings. The predicted molar refractivity (Wildman–Crippen MR) is 85.6 cm³/mol. The fraction of sp³-hybridized carbons (Fsp3) is 0.143. The van der Waals surface area contributed by atoms with E-state index in [1.807, 2.05) is 48.5 Å². The van der Waals surface area contributed by atoms with Gasteiger partial charge in [0.1, 0.15) is 11.5 Å². The van der Waals surface area contributed by atoms with Crippen molar-refractivity contribution in [3.05, 3.63) is 48.5 Å². The Kier molecular flexibility index (Phi) is 3.57. The van der Waals surface area contributed by atoms with Crippen LogP contribution in [0.25, 0.3) is 11.1 Å². The maximum atomic E-state index is 6.03. The molecule has 0 unspecified atom stereocenters. The van der Waals surface area contributed by atoms with Crippen LogP contribution in [0.1, 0.15) is 6.92 Å². The summed E-state index contributed by atoms with van der Waals surface area (Å²) in [5, 5.41) is 0. The highest BCUT2D eigenvalue weighted by Gasteiger charge is 2.29. The Morgan fingerprint density at radius 2 is 1.42 bits per heavy atom. The van der Waals surface area contributed by atoms with Gasteiger partial charge in [-0.1, -0.05) is 43.3 Å². The Hall–Kier alpha value is -0.960. The molecule has 0 fully saturated rings. The van der Waals surface area contributed by atoms with Gasteiger partial charge >= 0.3 is 5.69 Å². The van der Waals surface area contributed by atoms with Crippen molar-refractivity contribution in [1.29, 1.82) is 0 Å². The second kappa shape index (κ2) is 5.20. The molecule has 5 heteroatoms. The summed E-state index contributed by atoms with van der Waals surface area (Å²) in [6.07, 6.45) is 0. The van der Waals surface area contributed by atoms with Crippen molar-refractivity contribution in [1.82, 2.24) is 0 Å². The molecule has 0 amide bonds. The maximum Gasteiger partial charge on any atom is 0.348 e. The van der Waals surface area contributed by atoms with E-state index < -0.39 is 5.69 Å². The summed E-state index contributed by atoms with van der Waals surface area (Å²) < 4.78 is 12.1. The van der Waals surface area contributed by atoms with Gasteiger partial charge in [-0.3, -0.25) is 0 Å². The molecule has 2 nitrogen and oxygen atoms in total. The number of fused-ring (bicyclic) bond motifs is 3. The third kappa shape index (κ3) is 2.53. The second-order valence-electron chi connectivity index (χ2n) is 4.04. The smallest absolute Gasteiger partial charge is 0.348 e. The van der Waals surface area contributed by atoms with Gasteiger partial charge in [0.2, 0.25) is 0 Å². The first kappa shape index (κ1) is 13.0. The molecular formula is C14H13O2PS2. The lowest BCUT2D eigenvalue weighted by Crippen LogP contribution is -1.95. The first-order valence-electron chi connectivity index (χ1n) is 6.04. The van der Waals surface area contributed by atoms with Gasteiger partial charge in [0.25, 0.3) is 0 Å².